The second-order valence-electron chi connectivity index (χ2n) is 5.16. The third-order valence-electron chi connectivity index (χ3n) is 3.73. The average Bonchev–Trinajstić information content (AvgIpc) is 3.19. The van der Waals surface area contributed by atoms with Crippen LogP contribution in [0.2, 0.25) is 5.02 Å². The maximum Gasteiger partial charge on any atom is 0.162 e. The van der Waals surface area contributed by atoms with Crippen molar-refractivity contribution >= 4 is 28.6 Å². The molecule has 1 aliphatic rings. The molecule has 5 heteroatoms. The largest absolute Gasteiger partial charge is 0.493 e. The van der Waals surface area contributed by atoms with Crippen molar-refractivity contribution in [2.75, 3.05) is 19.5 Å². The Hall–Kier alpha value is -1.39. The highest BCUT2D eigenvalue weighted by Gasteiger charge is 2.33. The lowest BCUT2D eigenvalue weighted by atomic mass is 10.1. The van der Waals surface area contributed by atoms with Gasteiger partial charge in [0.05, 0.1) is 31.0 Å². The van der Waals surface area contributed by atoms with Gasteiger partial charge in [-0.1, -0.05) is 17.7 Å². The van der Waals surface area contributed by atoms with Gasteiger partial charge in [-0.3, -0.25) is 0 Å². The van der Waals surface area contributed by atoms with Crippen molar-refractivity contribution in [3.8, 4) is 11.5 Å². The summed E-state index contributed by atoms with van der Waals surface area (Å²) in [6, 6.07) is 8.29. The molecule has 3 nitrogen and oxygen atoms in total. The van der Waals surface area contributed by atoms with Gasteiger partial charge in [0.1, 0.15) is 0 Å². The van der Waals surface area contributed by atoms with Crippen LogP contribution in [0.5, 0.6) is 11.5 Å². The summed E-state index contributed by atoms with van der Waals surface area (Å²) in [5.74, 6) is 2.02. The van der Waals surface area contributed by atoms with Gasteiger partial charge in [0.15, 0.2) is 11.5 Å². The Labute approximate surface area is 133 Å². The third-order valence-corrected chi connectivity index (χ3v) is 5.00. The van der Waals surface area contributed by atoms with Gasteiger partial charge in [-0.2, -0.15) is 0 Å². The molecule has 0 saturated heterocycles. The number of anilines is 1. The van der Waals surface area contributed by atoms with Gasteiger partial charge >= 0.3 is 0 Å². The van der Waals surface area contributed by atoms with Crippen molar-refractivity contribution in [3.63, 3.8) is 0 Å². The van der Waals surface area contributed by atoms with E-state index in [1.807, 2.05) is 6.07 Å². The highest BCUT2D eigenvalue weighted by atomic mass is 35.5. The van der Waals surface area contributed by atoms with Crippen LogP contribution in [0.3, 0.4) is 0 Å². The van der Waals surface area contributed by atoms with E-state index in [9.17, 15) is 0 Å². The fourth-order valence-corrected chi connectivity index (χ4v) is 3.53. The molecule has 1 fully saturated rings. The van der Waals surface area contributed by atoms with Crippen molar-refractivity contribution in [1.29, 1.82) is 0 Å². The maximum absolute atomic E-state index is 6.37. The molecule has 21 heavy (non-hydrogen) atoms. The van der Waals surface area contributed by atoms with E-state index in [0.717, 1.165) is 5.69 Å². The zero-order valence-electron chi connectivity index (χ0n) is 12.1. The summed E-state index contributed by atoms with van der Waals surface area (Å²) < 4.78 is 10.6. The number of hydrogen-bond donors (Lipinski definition) is 1. The predicted octanol–water partition coefficient (Wildman–Crippen LogP) is 4.98. The number of hydrogen-bond acceptors (Lipinski definition) is 4. The Bertz CT molecular complexity index is 611. The van der Waals surface area contributed by atoms with Crippen LogP contribution in [-0.4, -0.2) is 14.2 Å². The molecule has 0 spiro atoms. The number of ether oxygens (including phenoxy) is 2. The maximum atomic E-state index is 6.37. The van der Waals surface area contributed by atoms with Crippen LogP contribution in [0.25, 0.3) is 0 Å². The molecule has 0 bridgehead atoms. The van der Waals surface area contributed by atoms with E-state index >= 15 is 0 Å². The molecule has 1 aromatic carbocycles. The summed E-state index contributed by atoms with van der Waals surface area (Å²) >= 11 is 8.15. The lowest BCUT2D eigenvalue weighted by molar-refractivity contribution is 0.355. The second kappa shape index (κ2) is 6.16. The molecule has 1 N–H and O–H groups in total. The van der Waals surface area contributed by atoms with E-state index < -0.39 is 0 Å². The average molecular weight is 324 g/mol. The van der Waals surface area contributed by atoms with E-state index in [-0.39, 0.29) is 0 Å². The van der Waals surface area contributed by atoms with Crippen LogP contribution in [0.1, 0.15) is 23.8 Å². The molecule has 2 aromatic rings. The summed E-state index contributed by atoms with van der Waals surface area (Å²) in [7, 11) is 3.24. The normalized spacial score (nSPS) is 15.6. The Morgan fingerprint density at radius 2 is 1.95 bits per heavy atom. The van der Waals surface area contributed by atoms with Crippen molar-refractivity contribution in [2.24, 2.45) is 5.92 Å². The first-order valence-electron chi connectivity index (χ1n) is 6.94. The smallest absolute Gasteiger partial charge is 0.162 e. The molecule has 0 amide bonds. The minimum Gasteiger partial charge on any atom is -0.493 e. The number of halogens is 1. The molecule has 1 aliphatic carbocycles. The Morgan fingerprint density at radius 3 is 2.52 bits per heavy atom. The summed E-state index contributed by atoms with van der Waals surface area (Å²) in [6.45, 7) is 0. The van der Waals surface area contributed by atoms with Crippen molar-refractivity contribution in [3.05, 3.63) is 39.5 Å². The number of rotatable bonds is 6. The Kier molecular flexibility index (Phi) is 4.27. The van der Waals surface area contributed by atoms with Crippen LogP contribution >= 0.6 is 22.9 Å². The van der Waals surface area contributed by atoms with Crippen LogP contribution in [-0.2, 0) is 0 Å². The van der Waals surface area contributed by atoms with E-state index in [0.29, 0.717) is 28.5 Å². The SMILES string of the molecule is COc1cc(Cl)c(NC(c2cccs2)C2CC2)cc1OC. The van der Waals surface area contributed by atoms with Crippen molar-refractivity contribution in [2.45, 2.75) is 18.9 Å². The van der Waals surface area contributed by atoms with Gasteiger partial charge in [-0.15, -0.1) is 11.3 Å². The summed E-state index contributed by atoms with van der Waals surface area (Å²) in [4.78, 5) is 1.35. The van der Waals surface area contributed by atoms with Gasteiger partial charge in [0.2, 0.25) is 0 Å². The molecule has 1 heterocycles. The minimum absolute atomic E-state index is 0.320. The monoisotopic (exact) mass is 323 g/mol. The molecule has 3 rings (SSSR count). The summed E-state index contributed by atoms with van der Waals surface area (Å²) in [5.41, 5.74) is 0.889. The third kappa shape index (κ3) is 3.11. The molecule has 0 aliphatic heterocycles. The lowest BCUT2D eigenvalue weighted by Gasteiger charge is -2.20. The topological polar surface area (TPSA) is 30.5 Å². The van der Waals surface area contributed by atoms with Crippen LogP contribution < -0.4 is 14.8 Å². The first-order chi connectivity index (χ1) is 10.2. The first kappa shape index (κ1) is 14.5. The highest BCUT2D eigenvalue weighted by Crippen LogP contribution is 2.46. The minimum atomic E-state index is 0.320. The van der Waals surface area contributed by atoms with E-state index in [4.69, 9.17) is 21.1 Å². The molecular formula is C16H18ClNO2S. The van der Waals surface area contributed by atoms with Crippen LogP contribution in [0, 0.1) is 5.92 Å². The zero-order chi connectivity index (χ0) is 14.8. The standard InChI is InChI=1S/C16H18ClNO2S/c1-19-13-8-11(17)12(9-14(13)20-2)18-16(10-5-6-10)15-4-3-7-21-15/h3-4,7-10,16,18H,5-6H2,1-2H3. The molecule has 1 atom stereocenters. The summed E-state index contributed by atoms with van der Waals surface area (Å²) in [6.07, 6.45) is 2.53. The van der Waals surface area contributed by atoms with E-state index in [1.165, 1.54) is 17.7 Å². The highest BCUT2D eigenvalue weighted by molar-refractivity contribution is 7.10. The molecule has 1 unspecified atom stereocenters. The van der Waals surface area contributed by atoms with Crippen molar-refractivity contribution < 1.29 is 9.47 Å². The van der Waals surface area contributed by atoms with E-state index in [2.05, 4.69) is 22.8 Å². The van der Waals surface area contributed by atoms with Crippen molar-refractivity contribution in [1.82, 2.24) is 0 Å². The lowest BCUT2D eigenvalue weighted by Crippen LogP contribution is -2.12. The fourth-order valence-electron chi connectivity index (χ4n) is 2.45. The summed E-state index contributed by atoms with van der Waals surface area (Å²) in [5, 5.41) is 6.34. The van der Waals surface area contributed by atoms with Crippen LogP contribution in [0.4, 0.5) is 5.69 Å². The predicted molar refractivity (Wildman–Crippen MR) is 88.0 cm³/mol. The molecule has 1 saturated carbocycles. The quantitative estimate of drug-likeness (QED) is 0.813. The van der Waals surface area contributed by atoms with Gasteiger partial charge in [0, 0.05) is 17.0 Å². The molecule has 0 radical (unpaired) electrons. The van der Waals surface area contributed by atoms with E-state index in [1.54, 1.807) is 31.6 Å². The van der Waals surface area contributed by atoms with Gasteiger partial charge in [-0.25, -0.2) is 0 Å². The second-order valence-corrected chi connectivity index (χ2v) is 6.55. The molecular weight excluding hydrogens is 306 g/mol. The van der Waals surface area contributed by atoms with Gasteiger partial charge < -0.3 is 14.8 Å². The number of benzene rings is 1. The number of thiophene rings is 1. The van der Waals surface area contributed by atoms with Gasteiger partial charge in [0.25, 0.3) is 0 Å². The molecule has 1 aromatic heterocycles. The van der Waals surface area contributed by atoms with Crippen LogP contribution in [0.15, 0.2) is 29.6 Å². The Morgan fingerprint density at radius 1 is 1.24 bits per heavy atom. The first-order valence-corrected chi connectivity index (χ1v) is 8.20. The molecule has 112 valence electrons. The zero-order valence-corrected chi connectivity index (χ0v) is 13.6. The fraction of sp³-hybridized carbons (Fsp3) is 0.375. The number of nitrogens with one attached hydrogen (secondary N) is 1. The Balaban J connectivity index is 1.89. The number of methoxy groups -OCH3 is 2. The van der Waals surface area contributed by atoms with Gasteiger partial charge in [-0.05, 0) is 30.2 Å².